The molecule has 0 aliphatic heterocycles. The number of rotatable bonds is 3. The van der Waals surface area contributed by atoms with E-state index in [0.29, 0.717) is 0 Å². The Hall–Kier alpha value is -1.02. The molecule has 1 aromatic carbocycles. The monoisotopic (exact) mass is 136 g/mol. The number of hydrazine groups is 1. The molecule has 0 saturated heterocycles. The van der Waals surface area contributed by atoms with Crippen molar-refractivity contribution in [1.82, 2.24) is 5.43 Å². The summed E-state index contributed by atoms with van der Waals surface area (Å²) in [7, 11) is 0. The minimum Gasteiger partial charge on any atom is -0.322 e. The summed E-state index contributed by atoms with van der Waals surface area (Å²) in [6.07, 6.45) is 0. The van der Waals surface area contributed by atoms with Crippen molar-refractivity contribution < 1.29 is 0 Å². The van der Waals surface area contributed by atoms with Gasteiger partial charge < -0.3 is 5.43 Å². The quantitative estimate of drug-likeness (QED) is 0.617. The molecule has 0 fully saturated rings. The van der Waals surface area contributed by atoms with Crippen LogP contribution < -0.4 is 10.9 Å². The first kappa shape index (κ1) is 7.09. The molecule has 1 rings (SSSR count). The molecule has 0 saturated carbocycles. The highest BCUT2D eigenvalue weighted by molar-refractivity contribution is 5.41. The van der Waals surface area contributed by atoms with Crippen molar-refractivity contribution in [3.63, 3.8) is 0 Å². The number of para-hydroxylation sites is 1. The highest BCUT2D eigenvalue weighted by atomic mass is 15.3. The van der Waals surface area contributed by atoms with Gasteiger partial charge in [0.05, 0.1) is 0 Å². The molecule has 10 heavy (non-hydrogen) atoms. The van der Waals surface area contributed by atoms with Crippen LogP contribution in [0.2, 0.25) is 0 Å². The predicted octanol–water partition coefficient (Wildman–Crippen LogP) is 1.62. The molecule has 0 unspecified atom stereocenters. The average Bonchev–Trinajstić information content (AvgIpc) is 2.03. The molecule has 0 aliphatic rings. The first-order chi connectivity index (χ1) is 4.93. The highest BCUT2D eigenvalue weighted by Crippen LogP contribution is 2.01. The standard InChI is InChI=1S/C8H12N2/c1-2-9-10-8-6-4-3-5-7-8/h3-7,9-10H,2H2,1H3. The van der Waals surface area contributed by atoms with Crippen LogP contribution >= 0.6 is 0 Å². The second kappa shape index (κ2) is 3.90. The molecule has 0 spiro atoms. The lowest BCUT2D eigenvalue weighted by Crippen LogP contribution is -2.20. The zero-order chi connectivity index (χ0) is 7.23. The predicted molar refractivity (Wildman–Crippen MR) is 43.7 cm³/mol. The topological polar surface area (TPSA) is 24.1 Å². The summed E-state index contributed by atoms with van der Waals surface area (Å²) in [5.41, 5.74) is 7.16. The molecule has 0 radical (unpaired) electrons. The minimum atomic E-state index is 0.925. The lowest BCUT2D eigenvalue weighted by atomic mass is 10.3. The van der Waals surface area contributed by atoms with Crippen LogP contribution in [-0.2, 0) is 0 Å². The van der Waals surface area contributed by atoms with Crippen LogP contribution in [0.15, 0.2) is 30.3 Å². The Kier molecular flexibility index (Phi) is 2.77. The van der Waals surface area contributed by atoms with Gasteiger partial charge in [0.25, 0.3) is 0 Å². The van der Waals surface area contributed by atoms with E-state index in [4.69, 9.17) is 0 Å². The Morgan fingerprint density at radius 1 is 1.20 bits per heavy atom. The maximum atomic E-state index is 3.04. The fourth-order valence-corrected chi connectivity index (χ4v) is 0.712. The van der Waals surface area contributed by atoms with Gasteiger partial charge in [-0.2, -0.15) is 0 Å². The Labute approximate surface area is 61.2 Å². The van der Waals surface area contributed by atoms with Gasteiger partial charge in [-0.15, -0.1) is 0 Å². The second-order valence-electron chi connectivity index (χ2n) is 2.02. The number of anilines is 1. The molecule has 1 aromatic rings. The molecular weight excluding hydrogens is 124 g/mol. The minimum absolute atomic E-state index is 0.925. The van der Waals surface area contributed by atoms with Gasteiger partial charge in [0, 0.05) is 12.2 Å². The number of hydrogen-bond acceptors (Lipinski definition) is 2. The van der Waals surface area contributed by atoms with E-state index < -0.39 is 0 Å². The largest absolute Gasteiger partial charge is 0.322 e. The van der Waals surface area contributed by atoms with Crippen LogP contribution in [0.1, 0.15) is 6.92 Å². The van der Waals surface area contributed by atoms with Crippen LogP contribution in [0.4, 0.5) is 5.69 Å². The third-order valence-corrected chi connectivity index (χ3v) is 1.18. The maximum Gasteiger partial charge on any atom is 0.0487 e. The van der Waals surface area contributed by atoms with Gasteiger partial charge in [-0.3, -0.25) is 0 Å². The van der Waals surface area contributed by atoms with Crippen LogP contribution in [-0.4, -0.2) is 6.54 Å². The smallest absolute Gasteiger partial charge is 0.0487 e. The van der Waals surface area contributed by atoms with E-state index >= 15 is 0 Å². The second-order valence-corrected chi connectivity index (χ2v) is 2.02. The summed E-state index contributed by atoms with van der Waals surface area (Å²) in [5, 5.41) is 0. The first-order valence-corrected chi connectivity index (χ1v) is 3.47. The van der Waals surface area contributed by atoms with Crippen molar-refractivity contribution in [1.29, 1.82) is 0 Å². The molecule has 2 nitrogen and oxygen atoms in total. The lowest BCUT2D eigenvalue weighted by Gasteiger charge is -2.03. The van der Waals surface area contributed by atoms with Gasteiger partial charge in [-0.1, -0.05) is 25.1 Å². The Morgan fingerprint density at radius 3 is 2.50 bits per heavy atom. The summed E-state index contributed by atoms with van der Waals surface area (Å²) in [6, 6.07) is 10.0. The van der Waals surface area contributed by atoms with Gasteiger partial charge in [-0.05, 0) is 12.1 Å². The highest BCUT2D eigenvalue weighted by Gasteiger charge is 1.83. The van der Waals surface area contributed by atoms with Crippen LogP contribution in [0.5, 0.6) is 0 Å². The third-order valence-electron chi connectivity index (χ3n) is 1.18. The molecule has 0 heterocycles. The van der Waals surface area contributed by atoms with Gasteiger partial charge in [0.1, 0.15) is 0 Å². The number of benzene rings is 1. The molecule has 54 valence electrons. The molecule has 2 N–H and O–H groups in total. The van der Waals surface area contributed by atoms with E-state index in [1.807, 2.05) is 30.3 Å². The average molecular weight is 136 g/mol. The van der Waals surface area contributed by atoms with E-state index in [-0.39, 0.29) is 0 Å². The maximum absolute atomic E-state index is 3.04. The Morgan fingerprint density at radius 2 is 1.90 bits per heavy atom. The lowest BCUT2D eigenvalue weighted by molar-refractivity contribution is 0.844. The summed E-state index contributed by atoms with van der Waals surface area (Å²) in [4.78, 5) is 0. The number of nitrogens with one attached hydrogen (secondary N) is 2. The zero-order valence-corrected chi connectivity index (χ0v) is 6.09. The SMILES string of the molecule is CCNNc1ccccc1. The van der Waals surface area contributed by atoms with E-state index in [1.54, 1.807) is 0 Å². The number of hydrogen-bond donors (Lipinski definition) is 2. The fourth-order valence-electron chi connectivity index (χ4n) is 0.712. The molecule has 0 aliphatic carbocycles. The third kappa shape index (κ3) is 2.07. The van der Waals surface area contributed by atoms with Crippen molar-refractivity contribution in [3.8, 4) is 0 Å². The van der Waals surface area contributed by atoms with E-state index in [9.17, 15) is 0 Å². The van der Waals surface area contributed by atoms with Crippen molar-refractivity contribution in [2.24, 2.45) is 0 Å². The molecular formula is C8H12N2. The van der Waals surface area contributed by atoms with Gasteiger partial charge >= 0.3 is 0 Å². The first-order valence-electron chi connectivity index (χ1n) is 3.47. The van der Waals surface area contributed by atoms with Crippen LogP contribution in [0, 0.1) is 0 Å². The van der Waals surface area contributed by atoms with Gasteiger partial charge in [-0.25, -0.2) is 5.43 Å². The van der Waals surface area contributed by atoms with Crippen molar-refractivity contribution in [3.05, 3.63) is 30.3 Å². The molecule has 0 atom stereocenters. The van der Waals surface area contributed by atoms with E-state index in [2.05, 4.69) is 17.8 Å². The molecule has 2 heteroatoms. The summed E-state index contributed by atoms with van der Waals surface area (Å²) in [6.45, 7) is 2.98. The molecule has 0 bridgehead atoms. The summed E-state index contributed by atoms with van der Waals surface area (Å²) < 4.78 is 0. The van der Waals surface area contributed by atoms with Crippen LogP contribution in [0.25, 0.3) is 0 Å². The fraction of sp³-hybridized carbons (Fsp3) is 0.250. The Bertz CT molecular complexity index is 172. The van der Waals surface area contributed by atoms with Crippen molar-refractivity contribution >= 4 is 5.69 Å². The van der Waals surface area contributed by atoms with E-state index in [1.165, 1.54) is 0 Å². The summed E-state index contributed by atoms with van der Waals surface area (Å²) >= 11 is 0. The normalized spacial score (nSPS) is 9.30. The van der Waals surface area contributed by atoms with Gasteiger partial charge in [0.15, 0.2) is 0 Å². The van der Waals surface area contributed by atoms with E-state index in [0.717, 1.165) is 12.2 Å². The molecule has 0 amide bonds. The van der Waals surface area contributed by atoms with Gasteiger partial charge in [0.2, 0.25) is 0 Å². The molecule has 0 aromatic heterocycles. The Balaban J connectivity index is 2.43. The van der Waals surface area contributed by atoms with Crippen molar-refractivity contribution in [2.75, 3.05) is 12.0 Å². The van der Waals surface area contributed by atoms with Crippen molar-refractivity contribution in [2.45, 2.75) is 6.92 Å². The summed E-state index contributed by atoms with van der Waals surface area (Å²) in [5.74, 6) is 0. The zero-order valence-electron chi connectivity index (χ0n) is 6.09. The van der Waals surface area contributed by atoms with Crippen LogP contribution in [0.3, 0.4) is 0 Å².